The molecule has 0 aliphatic carbocycles. The van der Waals surface area contributed by atoms with E-state index in [4.69, 9.17) is 11.6 Å². The van der Waals surface area contributed by atoms with Gasteiger partial charge < -0.3 is 5.11 Å². The molecule has 1 unspecified atom stereocenters. The molecule has 0 bridgehead atoms. The zero-order valence-corrected chi connectivity index (χ0v) is 12.6. The highest BCUT2D eigenvalue weighted by Crippen LogP contribution is 2.21. The van der Waals surface area contributed by atoms with Crippen LogP contribution in [0.3, 0.4) is 0 Å². The largest absolute Gasteiger partial charge is 0.396 e. The molecule has 2 aromatic rings. The second-order valence-electron chi connectivity index (χ2n) is 5.22. The second kappa shape index (κ2) is 7.47. The SMILES string of the molecule is CCc1ccc(CC(CO)Cc2ccccc2Cl)cc1. The van der Waals surface area contributed by atoms with Crippen molar-refractivity contribution in [2.45, 2.75) is 26.2 Å². The van der Waals surface area contributed by atoms with Gasteiger partial charge >= 0.3 is 0 Å². The molecule has 1 N–H and O–H groups in total. The molecule has 0 radical (unpaired) electrons. The van der Waals surface area contributed by atoms with Crippen LogP contribution >= 0.6 is 11.6 Å². The third-order valence-electron chi connectivity index (χ3n) is 3.68. The van der Waals surface area contributed by atoms with E-state index in [0.717, 1.165) is 29.8 Å². The van der Waals surface area contributed by atoms with Crippen LogP contribution < -0.4 is 0 Å². The lowest BCUT2D eigenvalue weighted by Gasteiger charge is -2.15. The van der Waals surface area contributed by atoms with Crippen LogP contribution in [0, 0.1) is 5.92 Å². The van der Waals surface area contributed by atoms with Crippen molar-refractivity contribution >= 4 is 11.6 Å². The van der Waals surface area contributed by atoms with Gasteiger partial charge in [-0.15, -0.1) is 0 Å². The molecule has 0 saturated heterocycles. The van der Waals surface area contributed by atoms with Crippen molar-refractivity contribution in [1.29, 1.82) is 0 Å². The first-order valence-electron chi connectivity index (χ1n) is 7.15. The first kappa shape index (κ1) is 15.1. The quantitative estimate of drug-likeness (QED) is 0.840. The van der Waals surface area contributed by atoms with Gasteiger partial charge in [-0.3, -0.25) is 0 Å². The van der Waals surface area contributed by atoms with Gasteiger partial charge in [0.1, 0.15) is 0 Å². The third kappa shape index (κ3) is 4.09. The maximum atomic E-state index is 9.60. The van der Waals surface area contributed by atoms with Crippen LogP contribution in [0.4, 0.5) is 0 Å². The molecule has 0 aliphatic rings. The average molecular weight is 289 g/mol. The highest BCUT2D eigenvalue weighted by molar-refractivity contribution is 6.31. The second-order valence-corrected chi connectivity index (χ2v) is 5.63. The van der Waals surface area contributed by atoms with E-state index in [2.05, 4.69) is 31.2 Å². The maximum Gasteiger partial charge on any atom is 0.0465 e. The molecule has 0 aromatic heterocycles. The molecule has 1 atom stereocenters. The van der Waals surface area contributed by atoms with E-state index >= 15 is 0 Å². The fourth-order valence-corrected chi connectivity index (χ4v) is 2.63. The number of aryl methyl sites for hydroxylation is 1. The van der Waals surface area contributed by atoms with Gasteiger partial charge in [0, 0.05) is 11.6 Å². The van der Waals surface area contributed by atoms with Gasteiger partial charge in [-0.05, 0) is 47.9 Å². The van der Waals surface area contributed by atoms with Crippen molar-refractivity contribution in [2.75, 3.05) is 6.61 Å². The lowest BCUT2D eigenvalue weighted by molar-refractivity contribution is 0.225. The van der Waals surface area contributed by atoms with Gasteiger partial charge in [0.15, 0.2) is 0 Å². The summed E-state index contributed by atoms with van der Waals surface area (Å²) in [5, 5.41) is 10.4. The van der Waals surface area contributed by atoms with Crippen LogP contribution in [0.1, 0.15) is 23.6 Å². The number of hydrogen-bond acceptors (Lipinski definition) is 1. The summed E-state index contributed by atoms with van der Waals surface area (Å²) in [5.74, 6) is 0.211. The summed E-state index contributed by atoms with van der Waals surface area (Å²) < 4.78 is 0. The Kier molecular flexibility index (Phi) is 5.63. The lowest BCUT2D eigenvalue weighted by atomic mass is 9.93. The van der Waals surface area contributed by atoms with Crippen molar-refractivity contribution in [3.05, 3.63) is 70.2 Å². The molecule has 0 aliphatic heterocycles. The molecule has 0 fully saturated rings. The summed E-state index contributed by atoms with van der Waals surface area (Å²) in [6, 6.07) is 16.5. The molecular formula is C18H21ClO. The van der Waals surface area contributed by atoms with E-state index in [1.54, 1.807) is 0 Å². The fourth-order valence-electron chi connectivity index (χ4n) is 2.42. The minimum absolute atomic E-state index is 0.181. The van der Waals surface area contributed by atoms with Gasteiger partial charge in [0.2, 0.25) is 0 Å². The van der Waals surface area contributed by atoms with Gasteiger partial charge in [-0.2, -0.15) is 0 Å². The van der Waals surface area contributed by atoms with Gasteiger partial charge in [-0.1, -0.05) is 61.0 Å². The molecule has 2 heteroatoms. The summed E-state index contributed by atoms with van der Waals surface area (Å²) in [4.78, 5) is 0. The normalized spacial score (nSPS) is 12.3. The molecule has 0 spiro atoms. The Bertz CT molecular complexity index is 533. The van der Waals surface area contributed by atoms with E-state index < -0.39 is 0 Å². The lowest BCUT2D eigenvalue weighted by Crippen LogP contribution is -2.13. The van der Waals surface area contributed by atoms with Crippen LogP contribution in [0.15, 0.2) is 48.5 Å². The maximum absolute atomic E-state index is 9.60. The van der Waals surface area contributed by atoms with E-state index in [0.29, 0.717) is 0 Å². The van der Waals surface area contributed by atoms with Crippen LogP contribution in [0.5, 0.6) is 0 Å². The van der Waals surface area contributed by atoms with Crippen molar-refractivity contribution in [2.24, 2.45) is 5.92 Å². The monoisotopic (exact) mass is 288 g/mol. The van der Waals surface area contributed by atoms with E-state index in [1.165, 1.54) is 11.1 Å². The molecule has 2 rings (SSSR count). The number of aliphatic hydroxyl groups is 1. The molecule has 1 nitrogen and oxygen atoms in total. The van der Waals surface area contributed by atoms with E-state index in [1.807, 2.05) is 24.3 Å². The summed E-state index contributed by atoms with van der Waals surface area (Å²) in [6.45, 7) is 2.34. The van der Waals surface area contributed by atoms with Gasteiger partial charge in [0.05, 0.1) is 0 Å². The minimum atomic E-state index is 0.181. The summed E-state index contributed by atoms with van der Waals surface area (Å²) >= 11 is 6.19. The Balaban J connectivity index is 2.03. The van der Waals surface area contributed by atoms with E-state index in [9.17, 15) is 5.11 Å². The fraction of sp³-hybridized carbons (Fsp3) is 0.333. The topological polar surface area (TPSA) is 20.2 Å². The number of halogens is 1. The van der Waals surface area contributed by atoms with E-state index in [-0.39, 0.29) is 12.5 Å². The number of aliphatic hydroxyl groups excluding tert-OH is 1. The van der Waals surface area contributed by atoms with Crippen molar-refractivity contribution in [3.63, 3.8) is 0 Å². The van der Waals surface area contributed by atoms with Crippen molar-refractivity contribution in [1.82, 2.24) is 0 Å². The van der Waals surface area contributed by atoms with Gasteiger partial charge in [-0.25, -0.2) is 0 Å². The molecule has 0 saturated carbocycles. The number of hydrogen-bond donors (Lipinski definition) is 1. The Morgan fingerprint density at radius 2 is 1.60 bits per heavy atom. The van der Waals surface area contributed by atoms with Crippen LogP contribution in [0.25, 0.3) is 0 Å². The highest BCUT2D eigenvalue weighted by atomic mass is 35.5. The Hall–Kier alpha value is -1.31. The van der Waals surface area contributed by atoms with Gasteiger partial charge in [0.25, 0.3) is 0 Å². The summed E-state index contributed by atoms with van der Waals surface area (Å²) in [6.07, 6.45) is 2.75. The predicted molar refractivity (Wildman–Crippen MR) is 85.3 cm³/mol. The van der Waals surface area contributed by atoms with Crippen LogP contribution in [0.2, 0.25) is 5.02 Å². The zero-order valence-electron chi connectivity index (χ0n) is 11.8. The molecule has 0 amide bonds. The van der Waals surface area contributed by atoms with Crippen molar-refractivity contribution in [3.8, 4) is 0 Å². The number of benzene rings is 2. The summed E-state index contributed by atoms with van der Waals surface area (Å²) in [5.41, 5.74) is 3.73. The Morgan fingerprint density at radius 1 is 0.950 bits per heavy atom. The standard InChI is InChI=1S/C18H21ClO/c1-2-14-7-9-15(10-8-14)11-16(13-20)12-17-5-3-4-6-18(17)19/h3-10,16,20H,2,11-13H2,1H3. The third-order valence-corrected chi connectivity index (χ3v) is 4.05. The molecule has 20 heavy (non-hydrogen) atoms. The Labute approximate surface area is 126 Å². The summed E-state index contributed by atoms with van der Waals surface area (Å²) in [7, 11) is 0. The molecular weight excluding hydrogens is 268 g/mol. The highest BCUT2D eigenvalue weighted by Gasteiger charge is 2.11. The first-order chi connectivity index (χ1) is 9.72. The molecule has 106 valence electrons. The Morgan fingerprint density at radius 3 is 2.20 bits per heavy atom. The minimum Gasteiger partial charge on any atom is -0.396 e. The first-order valence-corrected chi connectivity index (χ1v) is 7.52. The predicted octanol–water partition coefficient (Wildman–Crippen LogP) is 4.30. The van der Waals surface area contributed by atoms with Crippen molar-refractivity contribution < 1.29 is 5.11 Å². The average Bonchev–Trinajstić information content (AvgIpc) is 2.49. The van der Waals surface area contributed by atoms with Crippen LogP contribution in [-0.4, -0.2) is 11.7 Å². The molecule has 0 heterocycles. The smallest absolute Gasteiger partial charge is 0.0465 e. The van der Waals surface area contributed by atoms with Crippen LogP contribution in [-0.2, 0) is 19.3 Å². The number of rotatable bonds is 6. The zero-order chi connectivity index (χ0) is 14.4. The molecule has 2 aromatic carbocycles.